The largest absolute Gasteiger partial charge is 0.489 e. The highest BCUT2D eigenvalue weighted by atomic mass is 16.5. The fraction of sp³-hybridized carbons (Fsp3) is 0.115. The summed E-state index contributed by atoms with van der Waals surface area (Å²) in [6, 6.07) is 25.1. The van der Waals surface area contributed by atoms with Gasteiger partial charge in [0.25, 0.3) is 5.56 Å². The van der Waals surface area contributed by atoms with Gasteiger partial charge in [0.05, 0.1) is 16.6 Å². The van der Waals surface area contributed by atoms with Crippen molar-refractivity contribution in [3.8, 4) is 5.75 Å². The minimum Gasteiger partial charge on any atom is -0.489 e. The van der Waals surface area contributed by atoms with Crippen LogP contribution in [0.5, 0.6) is 5.75 Å². The van der Waals surface area contributed by atoms with Crippen molar-refractivity contribution >= 4 is 28.5 Å². The fourth-order valence-electron chi connectivity index (χ4n) is 4.55. The van der Waals surface area contributed by atoms with Gasteiger partial charge >= 0.3 is 0 Å². The minimum atomic E-state index is -0.449. The smallest absolute Gasteiger partial charge is 0.258 e. The highest BCUT2D eigenvalue weighted by Gasteiger charge is 2.33. The first-order valence-corrected chi connectivity index (χ1v) is 10.8. The van der Waals surface area contributed by atoms with Crippen LogP contribution in [0.3, 0.4) is 0 Å². The summed E-state index contributed by atoms with van der Waals surface area (Å²) in [5.41, 5.74) is 3.63. The van der Waals surface area contributed by atoms with Crippen LogP contribution in [0.1, 0.15) is 29.0 Å². The first kappa shape index (κ1) is 19.3. The summed E-state index contributed by atoms with van der Waals surface area (Å²) in [6.07, 6.45) is 0.153. The Hall–Kier alpha value is -4.39. The fourth-order valence-corrected chi connectivity index (χ4v) is 4.55. The zero-order chi connectivity index (χ0) is 22.4. The van der Waals surface area contributed by atoms with Crippen molar-refractivity contribution in [2.75, 3.05) is 5.32 Å². The van der Waals surface area contributed by atoms with Crippen LogP contribution in [0, 0.1) is 0 Å². The lowest BCUT2D eigenvalue weighted by Crippen LogP contribution is -2.32. The molecule has 0 saturated heterocycles. The van der Waals surface area contributed by atoms with Crippen LogP contribution in [-0.4, -0.2) is 20.3 Å². The molecule has 1 aliphatic heterocycles. The Morgan fingerprint density at radius 3 is 2.58 bits per heavy atom. The van der Waals surface area contributed by atoms with Crippen molar-refractivity contribution in [1.29, 1.82) is 0 Å². The predicted octanol–water partition coefficient (Wildman–Crippen LogP) is 4.23. The number of para-hydroxylation sites is 3. The number of nitrogens with zero attached hydrogens (tertiary/aromatic N) is 2. The Morgan fingerprint density at radius 1 is 0.939 bits per heavy atom. The quantitative estimate of drug-likeness (QED) is 0.441. The van der Waals surface area contributed by atoms with Gasteiger partial charge in [-0.15, -0.1) is 0 Å². The third kappa shape index (κ3) is 3.25. The molecule has 2 N–H and O–H groups in total. The van der Waals surface area contributed by atoms with Crippen LogP contribution in [0.2, 0.25) is 0 Å². The van der Waals surface area contributed by atoms with Crippen LogP contribution in [0.25, 0.3) is 16.8 Å². The summed E-state index contributed by atoms with van der Waals surface area (Å²) in [7, 11) is 0. The Balaban J connectivity index is 1.50. The molecule has 0 aliphatic carbocycles. The van der Waals surface area contributed by atoms with Crippen LogP contribution in [0.15, 0.2) is 83.7 Å². The van der Waals surface area contributed by atoms with Crippen LogP contribution < -0.4 is 15.6 Å². The number of H-pyrrole nitrogens is 1. The summed E-state index contributed by atoms with van der Waals surface area (Å²) in [6.45, 7) is 0.394. The normalized spacial score (nSPS) is 15.4. The van der Waals surface area contributed by atoms with E-state index in [1.54, 1.807) is 0 Å². The number of rotatable bonds is 4. The Morgan fingerprint density at radius 2 is 1.70 bits per heavy atom. The molecule has 7 nitrogen and oxygen atoms in total. The van der Waals surface area contributed by atoms with E-state index in [0.29, 0.717) is 29.5 Å². The molecule has 0 bridgehead atoms. The third-order valence-corrected chi connectivity index (χ3v) is 6.04. The van der Waals surface area contributed by atoms with Gasteiger partial charge < -0.3 is 10.1 Å². The highest BCUT2D eigenvalue weighted by molar-refractivity contribution is 5.96. The minimum absolute atomic E-state index is 0.153. The topological polar surface area (TPSA) is 88.5 Å². The van der Waals surface area contributed by atoms with Gasteiger partial charge in [0, 0.05) is 17.9 Å². The molecule has 2 aromatic heterocycles. The molecule has 6 rings (SSSR count). The number of amides is 1. The number of hydrogen-bond acceptors (Lipinski definition) is 4. The van der Waals surface area contributed by atoms with E-state index in [2.05, 4.69) is 15.3 Å². The molecular weight excluding hydrogens is 416 g/mol. The zero-order valence-corrected chi connectivity index (χ0v) is 17.6. The van der Waals surface area contributed by atoms with Crippen molar-refractivity contribution in [3.63, 3.8) is 0 Å². The van der Waals surface area contributed by atoms with E-state index in [1.807, 2.05) is 83.3 Å². The molecule has 0 spiro atoms. The number of hydrogen-bond donors (Lipinski definition) is 2. The number of nitrogens with one attached hydrogen (secondary N) is 2. The Kier molecular flexibility index (Phi) is 4.47. The first-order chi connectivity index (χ1) is 16.2. The number of carbonyl (C=O) groups is 1. The zero-order valence-electron chi connectivity index (χ0n) is 17.6. The number of anilines is 1. The Bertz CT molecular complexity index is 1570. The summed E-state index contributed by atoms with van der Waals surface area (Å²) in [5, 5.41) is 2.92. The number of imidazole rings is 1. The van der Waals surface area contributed by atoms with Gasteiger partial charge in [-0.2, -0.15) is 0 Å². The average molecular weight is 436 g/mol. The van der Waals surface area contributed by atoms with Gasteiger partial charge in [-0.1, -0.05) is 60.7 Å². The van der Waals surface area contributed by atoms with Gasteiger partial charge in [0.2, 0.25) is 11.7 Å². The van der Waals surface area contributed by atoms with Crippen molar-refractivity contribution in [2.45, 2.75) is 18.9 Å². The number of carbonyl (C=O) groups excluding carboxylic acids is 1. The molecule has 3 aromatic carbocycles. The molecule has 1 aliphatic rings. The third-order valence-electron chi connectivity index (χ3n) is 6.04. The van der Waals surface area contributed by atoms with Crippen molar-refractivity contribution < 1.29 is 9.53 Å². The molecule has 5 aromatic rings. The van der Waals surface area contributed by atoms with Crippen molar-refractivity contribution in [2.24, 2.45) is 0 Å². The number of aromatic amines is 1. The second-order valence-electron chi connectivity index (χ2n) is 8.09. The summed E-state index contributed by atoms with van der Waals surface area (Å²) < 4.78 is 7.96. The van der Waals surface area contributed by atoms with E-state index in [0.717, 1.165) is 22.2 Å². The summed E-state index contributed by atoms with van der Waals surface area (Å²) in [5.74, 6) is 0.906. The molecule has 0 fully saturated rings. The van der Waals surface area contributed by atoms with E-state index in [4.69, 9.17) is 4.74 Å². The number of aromatic nitrogens is 3. The van der Waals surface area contributed by atoms with Gasteiger partial charge in [-0.05, 0) is 23.8 Å². The van der Waals surface area contributed by atoms with Gasteiger partial charge in [0.1, 0.15) is 18.2 Å². The second-order valence-corrected chi connectivity index (χ2v) is 8.09. The molecule has 0 radical (unpaired) electrons. The first-order valence-electron chi connectivity index (χ1n) is 10.8. The molecule has 7 heteroatoms. The van der Waals surface area contributed by atoms with E-state index in [1.165, 1.54) is 0 Å². The molecule has 0 unspecified atom stereocenters. The summed E-state index contributed by atoms with van der Waals surface area (Å²) >= 11 is 0. The number of ether oxygens (including phenoxy) is 1. The van der Waals surface area contributed by atoms with Crippen LogP contribution >= 0.6 is 0 Å². The number of benzene rings is 3. The Labute approximate surface area is 188 Å². The maximum absolute atomic E-state index is 13.2. The molecule has 1 amide bonds. The summed E-state index contributed by atoms with van der Waals surface area (Å²) in [4.78, 5) is 33.5. The molecule has 0 saturated carbocycles. The van der Waals surface area contributed by atoms with Crippen LogP contribution in [-0.2, 0) is 11.4 Å². The lowest BCUT2D eigenvalue weighted by atomic mass is 9.86. The second kappa shape index (κ2) is 7.63. The van der Waals surface area contributed by atoms with Gasteiger partial charge in [-0.25, -0.2) is 4.98 Å². The number of fused-ring (bicyclic) bond motifs is 5. The van der Waals surface area contributed by atoms with Crippen LogP contribution in [0.4, 0.5) is 5.82 Å². The predicted molar refractivity (Wildman–Crippen MR) is 126 cm³/mol. The van der Waals surface area contributed by atoms with Crippen molar-refractivity contribution in [3.05, 3.63) is 106 Å². The standard InChI is InChI=1S/C26H20N4O3/c31-22-14-18(17-10-4-7-13-21(17)33-15-16-8-2-1-3-9-16)23-24(28-22)30-20-12-6-5-11-19(20)27-26(30)29-25(23)32/h1-13,18H,14-15H2,(H,28,31)(H,27,29,32)/t18-/m1/s1. The lowest BCUT2D eigenvalue weighted by Gasteiger charge is -2.27. The molecule has 1 atom stereocenters. The van der Waals surface area contributed by atoms with E-state index < -0.39 is 5.92 Å². The molecule has 162 valence electrons. The monoisotopic (exact) mass is 436 g/mol. The lowest BCUT2D eigenvalue weighted by molar-refractivity contribution is -0.116. The highest BCUT2D eigenvalue weighted by Crippen LogP contribution is 2.39. The molecule has 33 heavy (non-hydrogen) atoms. The van der Waals surface area contributed by atoms with Crippen molar-refractivity contribution in [1.82, 2.24) is 14.4 Å². The van der Waals surface area contributed by atoms with E-state index >= 15 is 0 Å². The molecular formula is C26H20N4O3. The van der Waals surface area contributed by atoms with E-state index in [9.17, 15) is 9.59 Å². The van der Waals surface area contributed by atoms with E-state index in [-0.39, 0.29) is 17.9 Å². The average Bonchev–Trinajstić information content (AvgIpc) is 3.21. The maximum atomic E-state index is 13.2. The van der Waals surface area contributed by atoms with Gasteiger partial charge in [-0.3, -0.25) is 19.0 Å². The van der Waals surface area contributed by atoms with Gasteiger partial charge in [0.15, 0.2) is 0 Å². The maximum Gasteiger partial charge on any atom is 0.258 e. The molecule has 3 heterocycles. The SMILES string of the molecule is O=C1C[C@H](c2ccccc2OCc2ccccc2)c2c(n3c(nc4ccccc43)[nH]c2=O)N1.